The monoisotopic (exact) mass is 258 g/mol. The summed E-state index contributed by atoms with van der Waals surface area (Å²) in [5, 5.41) is 2.27. The Kier molecular flexibility index (Phi) is 2.96. The summed E-state index contributed by atoms with van der Waals surface area (Å²) in [5.41, 5.74) is 1.09. The summed E-state index contributed by atoms with van der Waals surface area (Å²) in [7, 11) is 3.40. The van der Waals surface area contributed by atoms with Crippen molar-refractivity contribution in [1.82, 2.24) is 0 Å². The van der Waals surface area contributed by atoms with Crippen LogP contribution in [0.25, 0.3) is 10.8 Å². The summed E-state index contributed by atoms with van der Waals surface area (Å²) in [5.74, 6) is 0.234. The zero-order valence-electron chi connectivity index (χ0n) is 11.5. The van der Waals surface area contributed by atoms with Crippen molar-refractivity contribution < 1.29 is 14.2 Å². The first-order chi connectivity index (χ1) is 9.17. The standard InChI is InChI=1S/C16H18O3/c1-16(18-3)10-14(17-2)13-9-8-11-6-4-5-7-12(11)15(13)19-16/h4-9,14H,10H2,1-3H3/t14-,16+/m0/s1. The smallest absolute Gasteiger partial charge is 0.210 e. The summed E-state index contributed by atoms with van der Waals surface area (Å²) < 4.78 is 17.2. The second kappa shape index (κ2) is 4.51. The molecule has 0 aliphatic carbocycles. The van der Waals surface area contributed by atoms with Gasteiger partial charge in [0.15, 0.2) is 0 Å². The van der Waals surface area contributed by atoms with Gasteiger partial charge in [-0.2, -0.15) is 0 Å². The van der Waals surface area contributed by atoms with Crippen molar-refractivity contribution >= 4 is 10.8 Å². The number of benzene rings is 2. The zero-order valence-corrected chi connectivity index (χ0v) is 11.5. The maximum absolute atomic E-state index is 6.11. The highest BCUT2D eigenvalue weighted by Gasteiger charge is 2.38. The van der Waals surface area contributed by atoms with E-state index < -0.39 is 5.79 Å². The van der Waals surface area contributed by atoms with Crippen LogP contribution in [-0.4, -0.2) is 20.0 Å². The number of hydrogen-bond acceptors (Lipinski definition) is 3. The molecule has 3 nitrogen and oxygen atoms in total. The molecule has 1 heterocycles. The number of ether oxygens (including phenoxy) is 3. The van der Waals surface area contributed by atoms with Gasteiger partial charge in [-0.15, -0.1) is 0 Å². The van der Waals surface area contributed by atoms with Crippen LogP contribution in [0.15, 0.2) is 36.4 Å². The molecule has 3 rings (SSSR count). The van der Waals surface area contributed by atoms with Gasteiger partial charge in [-0.25, -0.2) is 0 Å². The normalized spacial score (nSPS) is 25.9. The second-order valence-corrected chi connectivity index (χ2v) is 5.07. The van der Waals surface area contributed by atoms with Crippen molar-refractivity contribution in [3.63, 3.8) is 0 Å². The van der Waals surface area contributed by atoms with Gasteiger partial charge < -0.3 is 14.2 Å². The van der Waals surface area contributed by atoms with Gasteiger partial charge in [0.05, 0.1) is 6.10 Å². The van der Waals surface area contributed by atoms with Gasteiger partial charge in [0.1, 0.15) is 5.75 Å². The molecule has 0 fully saturated rings. The lowest BCUT2D eigenvalue weighted by atomic mass is 9.94. The second-order valence-electron chi connectivity index (χ2n) is 5.07. The first-order valence-corrected chi connectivity index (χ1v) is 6.45. The van der Waals surface area contributed by atoms with Crippen LogP contribution in [0, 0.1) is 0 Å². The minimum absolute atomic E-state index is 0.00157. The van der Waals surface area contributed by atoms with Crippen LogP contribution in [0.3, 0.4) is 0 Å². The lowest BCUT2D eigenvalue weighted by Crippen LogP contribution is -2.40. The van der Waals surface area contributed by atoms with E-state index in [1.54, 1.807) is 14.2 Å². The fourth-order valence-corrected chi connectivity index (χ4v) is 2.67. The Bertz CT molecular complexity index is 608. The summed E-state index contributed by atoms with van der Waals surface area (Å²) in [6.07, 6.45) is 0.684. The highest BCUT2D eigenvalue weighted by atomic mass is 16.7. The highest BCUT2D eigenvalue weighted by Crippen LogP contribution is 2.45. The molecule has 3 heteroatoms. The molecule has 0 saturated carbocycles. The molecular formula is C16H18O3. The maximum Gasteiger partial charge on any atom is 0.210 e. The van der Waals surface area contributed by atoms with Gasteiger partial charge in [0.25, 0.3) is 0 Å². The van der Waals surface area contributed by atoms with Crippen LogP contribution in [0.5, 0.6) is 5.75 Å². The highest BCUT2D eigenvalue weighted by molar-refractivity contribution is 5.90. The molecular weight excluding hydrogens is 240 g/mol. The van der Waals surface area contributed by atoms with Crippen LogP contribution < -0.4 is 4.74 Å². The molecule has 19 heavy (non-hydrogen) atoms. The molecule has 0 unspecified atom stereocenters. The van der Waals surface area contributed by atoms with E-state index in [0.29, 0.717) is 6.42 Å². The molecule has 1 aliphatic heterocycles. The molecule has 100 valence electrons. The van der Waals surface area contributed by atoms with E-state index in [9.17, 15) is 0 Å². The zero-order chi connectivity index (χ0) is 13.5. The molecule has 0 amide bonds. The SMILES string of the molecule is CO[C@H]1C[C@](C)(OC)Oc2c1ccc1ccccc21. The van der Waals surface area contributed by atoms with Gasteiger partial charge in [0.2, 0.25) is 5.79 Å². The lowest BCUT2D eigenvalue weighted by Gasteiger charge is -2.38. The van der Waals surface area contributed by atoms with Crippen LogP contribution in [-0.2, 0) is 9.47 Å². The lowest BCUT2D eigenvalue weighted by molar-refractivity contribution is -0.183. The average Bonchev–Trinajstić information content (AvgIpc) is 2.46. The minimum atomic E-state index is -0.641. The van der Waals surface area contributed by atoms with E-state index in [4.69, 9.17) is 14.2 Å². The van der Waals surface area contributed by atoms with E-state index in [-0.39, 0.29) is 6.10 Å². The first-order valence-electron chi connectivity index (χ1n) is 6.45. The van der Waals surface area contributed by atoms with E-state index in [1.807, 2.05) is 19.1 Å². The van der Waals surface area contributed by atoms with Crippen molar-refractivity contribution in [3.05, 3.63) is 42.0 Å². The van der Waals surface area contributed by atoms with Gasteiger partial charge in [-0.05, 0) is 5.39 Å². The van der Waals surface area contributed by atoms with E-state index in [0.717, 1.165) is 22.1 Å². The predicted octanol–water partition coefficient (Wildman–Crippen LogP) is 3.67. The average molecular weight is 258 g/mol. The quantitative estimate of drug-likeness (QED) is 0.822. The summed E-state index contributed by atoms with van der Waals surface area (Å²) in [6, 6.07) is 12.4. The summed E-state index contributed by atoms with van der Waals surface area (Å²) in [6.45, 7) is 1.95. The van der Waals surface area contributed by atoms with E-state index >= 15 is 0 Å². The molecule has 0 saturated heterocycles. The Hall–Kier alpha value is -1.58. The van der Waals surface area contributed by atoms with Gasteiger partial charge in [-0.1, -0.05) is 36.4 Å². The number of rotatable bonds is 2. The Morgan fingerprint density at radius 3 is 2.68 bits per heavy atom. The fourth-order valence-electron chi connectivity index (χ4n) is 2.67. The maximum atomic E-state index is 6.11. The van der Waals surface area contributed by atoms with Crippen LogP contribution in [0.4, 0.5) is 0 Å². The van der Waals surface area contributed by atoms with Gasteiger partial charge in [-0.3, -0.25) is 0 Å². The molecule has 2 atom stereocenters. The first kappa shape index (κ1) is 12.5. The predicted molar refractivity (Wildman–Crippen MR) is 74.4 cm³/mol. The molecule has 0 radical (unpaired) electrons. The Balaban J connectivity index is 2.22. The topological polar surface area (TPSA) is 27.7 Å². The molecule has 2 aromatic carbocycles. The van der Waals surface area contributed by atoms with Crippen LogP contribution in [0.1, 0.15) is 25.0 Å². The molecule has 0 spiro atoms. The Labute approximate surface area is 113 Å². The number of hydrogen-bond donors (Lipinski definition) is 0. The summed E-state index contributed by atoms with van der Waals surface area (Å²) >= 11 is 0. The summed E-state index contributed by atoms with van der Waals surface area (Å²) in [4.78, 5) is 0. The molecule has 0 bridgehead atoms. The molecule has 0 aromatic heterocycles. The Morgan fingerprint density at radius 1 is 1.16 bits per heavy atom. The third-order valence-corrected chi connectivity index (χ3v) is 3.85. The minimum Gasteiger partial charge on any atom is -0.462 e. The van der Waals surface area contributed by atoms with Crippen LogP contribution >= 0.6 is 0 Å². The van der Waals surface area contributed by atoms with Crippen molar-refractivity contribution in [1.29, 1.82) is 0 Å². The third-order valence-electron chi connectivity index (χ3n) is 3.85. The van der Waals surface area contributed by atoms with E-state index in [1.165, 1.54) is 0 Å². The van der Waals surface area contributed by atoms with Gasteiger partial charge >= 0.3 is 0 Å². The van der Waals surface area contributed by atoms with Crippen LogP contribution in [0.2, 0.25) is 0 Å². The number of fused-ring (bicyclic) bond motifs is 3. The van der Waals surface area contributed by atoms with Crippen molar-refractivity contribution in [2.75, 3.05) is 14.2 Å². The number of methoxy groups -OCH3 is 2. The van der Waals surface area contributed by atoms with Crippen molar-refractivity contribution in [3.8, 4) is 5.75 Å². The van der Waals surface area contributed by atoms with E-state index in [2.05, 4.69) is 24.3 Å². The molecule has 0 N–H and O–H groups in total. The molecule has 1 aliphatic rings. The van der Waals surface area contributed by atoms with Gasteiger partial charge in [0, 0.05) is 38.5 Å². The third kappa shape index (κ3) is 1.99. The van der Waals surface area contributed by atoms with Crippen molar-refractivity contribution in [2.45, 2.75) is 25.2 Å². The fraction of sp³-hybridized carbons (Fsp3) is 0.375. The largest absolute Gasteiger partial charge is 0.462 e. The van der Waals surface area contributed by atoms with Crippen molar-refractivity contribution in [2.24, 2.45) is 0 Å². The Morgan fingerprint density at radius 2 is 1.95 bits per heavy atom. The molecule has 2 aromatic rings.